The molecule has 0 aliphatic carbocycles. The summed E-state index contributed by atoms with van der Waals surface area (Å²) < 4.78 is 5.09. The molecule has 1 rings (SSSR count). The monoisotopic (exact) mass is 215 g/mol. The lowest BCUT2D eigenvalue weighted by molar-refractivity contribution is -0.140. The molecule has 1 heterocycles. The fourth-order valence-corrected chi connectivity index (χ4v) is 1.56. The number of aliphatic carboxylic acids is 2. The van der Waals surface area contributed by atoms with E-state index < -0.39 is 18.0 Å². The lowest BCUT2D eigenvalue weighted by Gasteiger charge is -2.24. The summed E-state index contributed by atoms with van der Waals surface area (Å²) in [6.07, 6.45) is 1.86. The maximum Gasteiger partial charge on any atom is 0.346 e. The van der Waals surface area contributed by atoms with Crippen LogP contribution in [0, 0.1) is 5.92 Å². The number of carbonyl (C=O) groups is 2. The number of aliphatic imine (C=N–C) groups is 1. The Balaban J connectivity index is 2.63. The third-order valence-corrected chi connectivity index (χ3v) is 2.31. The highest BCUT2D eigenvalue weighted by atomic mass is 16.5. The van der Waals surface area contributed by atoms with E-state index in [1.165, 1.54) is 0 Å². The van der Waals surface area contributed by atoms with Crippen molar-refractivity contribution in [3.8, 4) is 0 Å². The van der Waals surface area contributed by atoms with Gasteiger partial charge in [0, 0.05) is 13.2 Å². The van der Waals surface area contributed by atoms with Gasteiger partial charge in [-0.05, 0) is 18.8 Å². The Morgan fingerprint density at radius 2 is 1.93 bits per heavy atom. The van der Waals surface area contributed by atoms with Crippen LogP contribution in [0.4, 0.5) is 0 Å². The van der Waals surface area contributed by atoms with Crippen molar-refractivity contribution in [1.82, 2.24) is 0 Å². The Kier molecular flexibility index (Phi) is 4.23. The van der Waals surface area contributed by atoms with Crippen LogP contribution >= 0.6 is 0 Å². The Morgan fingerprint density at radius 1 is 1.33 bits per heavy atom. The van der Waals surface area contributed by atoms with Crippen LogP contribution < -0.4 is 0 Å². The molecular formula is C9H13NO5. The molecule has 0 radical (unpaired) electrons. The second kappa shape index (κ2) is 5.45. The first-order valence-corrected chi connectivity index (χ1v) is 4.68. The summed E-state index contributed by atoms with van der Waals surface area (Å²) in [4.78, 5) is 24.7. The number of hydrogen-bond acceptors (Lipinski definition) is 4. The minimum Gasteiger partial charge on any atom is -0.480 e. The van der Waals surface area contributed by atoms with Crippen molar-refractivity contribution in [3.63, 3.8) is 0 Å². The van der Waals surface area contributed by atoms with Gasteiger partial charge < -0.3 is 14.9 Å². The largest absolute Gasteiger partial charge is 0.480 e. The third kappa shape index (κ3) is 3.67. The first kappa shape index (κ1) is 11.6. The van der Waals surface area contributed by atoms with Crippen LogP contribution in [0.2, 0.25) is 0 Å². The fourth-order valence-electron chi connectivity index (χ4n) is 1.56. The Bertz CT molecular complexity index is 270. The summed E-state index contributed by atoms with van der Waals surface area (Å²) >= 11 is 0. The van der Waals surface area contributed by atoms with E-state index in [0.717, 1.165) is 0 Å². The van der Waals surface area contributed by atoms with Gasteiger partial charge in [0.25, 0.3) is 0 Å². The van der Waals surface area contributed by atoms with Crippen molar-refractivity contribution in [1.29, 1.82) is 0 Å². The molecule has 1 aliphatic heterocycles. The number of rotatable bonds is 4. The predicted molar refractivity (Wildman–Crippen MR) is 51.1 cm³/mol. The molecule has 2 N–H and O–H groups in total. The van der Waals surface area contributed by atoms with Crippen LogP contribution in [-0.4, -0.2) is 47.6 Å². The molecule has 0 aromatic heterocycles. The SMILES string of the molecule is O=C(O)C=NC(C(=O)O)C1CCOCC1. The molecule has 1 saturated heterocycles. The van der Waals surface area contributed by atoms with E-state index in [-0.39, 0.29) is 5.92 Å². The number of hydrogen-bond donors (Lipinski definition) is 2. The molecule has 0 bridgehead atoms. The van der Waals surface area contributed by atoms with Crippen molar-refractivity contribution in [2.45, 2.75) is 18.9 Å². The van der Waals surface area contributed by atoms with Gasteiger partial charge in [-0.15, -0.1) is 0 Å². The molecule has 0 aromatic rings. The predicted octanol–water partition coefficient (Wildman–Crippen LogP) is 0.0216. The third-order valence-electron chi connectivity index (χ3n) is 2.31. The molecule has 1 atom stereocenters. The van der Waals surface area contributed by atoms with Crippen molar-refractivity contribution in [3.05, 3.63) is 0 Å². The summed E-state index contributed by atoms with van der Waals surface area (Å²) in [5.41, 5.74) is 0. The highest BCUT2D eigenvalue weighted by molar-refractivity contribution is 6.22. The molecule has 0 amide bonds. The first-order chi connectivity index (χ1) is 7.11. The maximum absolute atomic E-state index is 10.9. The van der Waals surface area contributed by atoms with Crippen molar-refractivity contribution in [2.24, 2.45) is 10.9 Å². The summed E-state index contributed by atoms with van der Waals surface area (Å²) in [6.45, 7) is 1.02. The number of nitrogens with zero attached hydrogens (tertiary/aromatic N) is 1. The molecule has 0 spiro atoms. The molecule has 0 saturated carbocycles. The van der Waals surface area contributed by atoms with Crippen LogP contribution in [-0.2, 0) is 14.3 Å². The molecule has 1 unspecified atom stereocenters. The average molecular weight is 215 g/mol. The van der Waals surface area contributed by atoms with Gasteiger partial charge in [0.15, 0.2) is 6.04 Å². The van der Waals surface area contributed by atoms with Crippen LogP contribution in [0.5, 0.6) is 0 Å². The molecule has 15 heavy (non-hydrogen) atoms. The first-order valence-electron chi connectivity index (χ1n) is 4.68. The second-order valence-electron chi connectivity index (χ2n) is 3.35. The van der Waals surface area contributed by atoms with Crippen LogP contribution in [0.25, 0.3) is 0 Å². The normalized spacial score (nSPS) is 20.3. The van der Waals surface area contributed by atoms with E-state index in [1.807, 2.05) is 0 Å². The van der Waals surface area contributed by atoms with E-state index in [9.17, 15) is 9.59 Å². The van der Waals surface area contributed by atoms with Crippen molar-refractivity contribution >= 4 is 18.2 Å². The van der Waals surface area contributed by atoms with Gasteiger partial charge in [-0.3, -0.25) is 4.99 Å². The fraction of sp³-hybridized carbons (Fsp3) is 0.667. The number of carboxylic acids is 2. The zero-order chi connectivity index (χ0) is 11.3. The quantitative estimate of drug-likeness (QED) is 0.644. The molecular weight excluding hydrogens is 202 g/mol. The average Bonchev–Trinajstić information content (AvgIpc) is 2.18. The van der Waals surface area contributed by atoms with Crippen molar-refractivity contribution < 1.29 is 24.5 Å². The Labute approximate surface area is 86.6 Å². The van der Waals surface area contributed by atoms with Crippen LogP contribution in [0.15, 0.2) is 4.99 Å². The molecule has 6 nitrogen and oxygen atoms in total. The minimum atomic E-state index is -1.23. The summed E-state index contributed by atoms with van der Waals surface area (Å²) in [7, 11) is 0. The summed E-state index contributed by atoms with van der Waals surface area (Å²) in [5, 5.41) is 17.3. The lowest BCUT2D eigenvalue weighted by atomic mass is 9.92. The van der Waals surface area contributed by atoms with Gasteiger partial charge >= 0.3 is 11.9 Å². The zero-order valence-corrected chi connectivity index (χ0v) is 8.13. The number of carboxylic acid groups (broad SMARTS) is 2. The minimum absolute atomic E-state index is 0.133. The summed E-state index contributed by atoms with van der Waals surface area (Å²) in [6, 6.07) is -0.968. The molecule has 6 heteroatoms. The number of ether oxygens (including phenoxy) is 1. The van der Waals surface area contributed by atoms with Gasteiger partial charge in [-0.2, -0.15) is 0 Å². The van der Waals surface area contributed by atoms with Crippen LogP contribution in [0.3, 0.4) is 0 Å². The Hall–Kier alpha value is -1.43. The zero-order valence-electron chi connectivity index (χ0n) is 8.13. The van der Waals surface area contributed by atoms with Gasteiger partial charge in [0.05, 0.1) is 0 Å². The van der Waals surface area contributed by atoms with E-state index >= 15 is 0 Å². The lowest BCUT2D eigenvalue weighted by Crippen LogP contribution is -2.32. The molecule has 0 aromatic carbocycles. The summed E-state index contributed by atoms with van der Waals surface area (Å²) in [5.74, 6) is -2.44. The van der Waals surface area contributed by atoms with Gasteiger partial charge in [-0.1, -0.05) is 0 Å². The van der Waals surface area contributed by atoms with E-state index in [1.54, 1.807) is 0 Å². The second-order valence-corrected chi connectivity index (χ2v) is 3.35. The molecule has 84 valence electrons. The smallest absolute Gasteiger partial charge is 0.346 e. The van der Waals surface area contributed by atoms with Crippen LogP contribution in [0.1, 0.15) is 12.8 Å². The van der Waals surface area contributed by atoms with E-state index in [2.05, 4.69) is 4.99 Å². The highest BCUT2D eigenvalue weighted by Gasteiger charge is 2.28. The van der Waals surface area contributed by atoms with Gasteiger partial charge in [0.2, 0.25) is 0 Å². The Morgan fingerprint density at radius 3 is 2.40 bits per heavy atom. The highest BCUT2D eigenvalue weighted by Crippen LogP contribution is 2.21. The standard InChI is InChI=1S/C9H13NO5/c11-7(12)5-10-8(9(13)14)6-1-3-15-4-2-6/h5-6,8H,1-4H2,(H,11,12)(H,13,14). The van der Waals surface area contributed by atoms with E-state index in [4.69, 9.17) is 14.9 Å². The molecule has 1 fully saturated rings. The van der Waals surface area contributed by atoms with Crippen molar-refractivity contribution in [2.75, 3.05) is 13.2 Å². The van der Waals surface area contributed by atoms with E-state index in [0.29, 0.717) is 32.3 Å². The maximum atomic E-state index is 10.9. The van der Waals surface area contributed by atoms with Gasteiger partial charge in [0.1, 0.15) is 6.21 Å². The molecule has 1 aliphatic rings. The topological polar surface area (TPSA) is 96.2 Å². The van der Waals surface area contributed by atoms with Gasteiger partial charge in [-0.25, -0.2) is 9.59 Å².